The van der Waals surface area contributed by atoms with Crippen molar-refractivity contribution in [2.45, 2.75) is 43.0 Å². The Morgan fingerprint density at radius 1 is 1.24 bits per heavy atom. The van der Waals surface area contributed by atoms with Crippen molar-refractivity contribution in [1.29, 1.82) is 0 Å². The summed E-state index contributed by atoms with van der Waals surface area (Å²) in [6.07, 6.45) is 5.48. The number of rotatable bonds is 5. The Bertz CT molecular complexity index is 587. The van der Waals surface area contributed by atoms with Gasteiger partial charge in [0.05, 0.1) is 5.02 Å². The van der Waals surface area contributed by atoms with Crippen LogP contribution in [0.5, 0.6) is 0 Å². The Labute approximate surface area is 136 Å². The number of nitrogens with one attached hydrogen (secondary N) is 1. The van der Waals surface area contributed by atoms with Crippen LogP contribution >= 0.6 is 23.2 Å². The van der Waals surface area contributed by atoms with E-state index in [4.69, 9.17) is 28.9 Å². The summed E-state index contributed by atoms with van der Waals surface area (Å²) >= 11 is 11.9. The van der Waals surface area contributed by atoms with Crippen molar-refractivity contribution >= 4 is 33.2 Å². The third-order valence-electron chi connectivity index (χ3n) is 3.96. The van der Waals surface area contributed by atoms with Crippen LogP contribution in [0.3, 0.4) is 0 Å². The van der Waals surface area contributed by atoms with Crippen molar-refractivity contribution in [2.24, 2.45) is 11.7 Å². The van der Waals surface area contributed by atoms with E-state index in [1.54, 1.807) is 6.07 Å². The fourth-order valence-electron chi connectivity index (χ4n) is 2.82. The lowest BCUT2D eigenvalue weighted by Gasteiger charge is -2.30. The highest BCUT2D eigenvalue weighted by atomic mass is 35.5. The summed E-state index contributed by atoms with van der Waals surface area (Å²) in [4.78, 5) is 0.00549. The van der Waals surface area contributed by atoms with Gasteiger partial charge >= 0.3 is 0 Å². The van der Waals surface area contributed by atoms with Gasteiger partial charge in [0.2, 0.25) is 10.0 Å². The number of halogens is 2. The zero-order chi connectivity index (χ0) is 15.5. The second kappa shape index (κ2) is 7.29. The van der Waals surface area contributed by atoms with Crippen LogP contribution in [-0.2, 0) is 10.0 Å². The SMILES string of the molecule is NCC(NS(=O)(=O)c1cc(Cl)ccc1Cl)C1CCCCC1. The highest BCUT2D eigenvalue weighted by Crippen LogP contribution is 2.29. The van der Waals surface area contributed by atoms with E-state index < -0.39 is 10.0 Å². The molecule has 1 atom stereocenters. The van der Waals surface area contributed by atoms with Gasteiger partial charge in [-0.2, -0.15) is 0 Å². The molecule has 7 heteroatoms. The Morgan fingerprint density at radius 2 is 1.90 bits per heavy atom. The molecule has 1 aromatic rings. The standard InChI is InChI=1S/C14H20Cl2N2O2S/c15-11-6-7-12(16)14(8-11)21(19,20)18-13(9-17)10-4-2-1-3-5-10/h6-8,10,13,18H,1-5,9,17H2. The first-order valence-corrected chi connectivity index (χ1v) is 9.35. The Morgan fingerprint density at radius 3 is 2.52 bits per heavy atom. The number of hydrogen-bond donors (Lipinski definition) is 2. The lowest BCUT2D eigenvalue weighted by atomic mass is 9.84. The van der Waals surface area contributed by atoms with E-state index in [1.807, 2.05) is 0 Å². The summed E-state index contributed by atoms with van der Waals surface area (Å²) in [7, 11) is -3.72. The summed E-state index contributed by atoms with van der Waals surface area (Å²) < 4.78 is 27.7. The van der Waals surface area contributed by atoms with E-state index in [2.05, 4.69) is 4.72 Å². The topological polar surface area (TPSA) is 72.2 Å². The van der Waals surface area contributed by atoms with Crippen LogP contribution in [0.2, 0.25) is 10.0 Å². The molecule has 0 heterocycles. The summed E-state index contributed by atoms with van der Waals surface area (Å²) in [5.74, 6) is 0.288. The van der Waals surface area contributed by atoms with Crippen molar-refractivity contribution in [1.82, 2.24) is 4.72 Å². The number of nitrogens with two attached hydrogens (primary N) is 1. The van der Waals surface area contributed by atoms with Crippen molar-refractivity contribution in [3.05, 3.63) is 28.2 Å². The predicted molar refractivity (Wildman–Crippen MR) is 86.2 cm³/mol. The van der Waals surface area contributed by atoms with Gasteiger partial charge in [-0.05, 0) is 37.0 Å². The van der Waals surface area contributed by atoms with E-state index in [0.717, 1.165) is 25.7 Å². The van der Waals surface area contributed by atoms with Crippen LogP contribution < -0.4 is 10.5 Å². The zero-order valence-corrected chi connectivity index (χ0v) is 14.0. The van der Waals surface area contributed by atoms with Crippen LogP contribution in [0.25, 0.3) is 0 Å². The molecular weight excluding hydrogens is 331 g/mol. The summed E-state index contributed by atoms with van der Waals surface area (Å²) in [5, 5.41) is 0.494. The molecule has 1 saturated carbocycles. The molecule has 0 spiro atoms. The molecule has 0 saturated heterocycles. The van der Waals surface area contributed by atoms with Gasteiger partial charge in [0.1, 0.15) is 4.90 Å². The van der Waals surface area contributed by atoms with E-state index in [0.29, 0.717) is 5.02 Å². The van der Waals surface area contributed by atoms with E-state index in [9.17, 15) is 8.42 Å². The third kappa shape index (κ3) is 4.33. The van der Waals surface area contributed by atoms with Crippen molar-refractivity contribution in [3.63, 3.8) is 0 Å². The van der Waals surface area contributed by atoms with E-state index >= 15 is 0 Å². The molecule has 0 bridgehead atoms. The minimum Gasteiger partial charge on any atom is -0.329 e. The van der Waals surface area contributed by atoms with Crippen molar-refractivity contribution in [2.75, 3.05) is 6.54 Å². The summed E-state index contributed by atoms with van der Waals surface area (Å²) in [6.45, 7) is 0.280. The lowest BCUT2D eigenvalue weighted by molar-refractivity contribution is 0.294. The first kappa shape index (κ1) is 17.0. The van der Waals surface area contributed by atoms with Gasteiger partial charge in [-0.3, -0.25) is 0 Å². The molecule has 1 aromatic carbocycles. The number of hydrogen-bond acceptors (Lipinski definition) is 3. The molecule has 118 valence electrons. The van der Waals surface area contributed by atoms with Gasteiger partial charge in [0.15, 0.2) is 0 Å². The van der Waals surface area contributed by atoms with Gasteiger partial charge < -0.3 is 5.73 Å². The second-order valence-electron chi connectivity index (χ2n) is 5.44. The van der Waals surface area contributed by atoms with Gasteiger partial charge in [0, 0.05) is 17.6 Å². The molecule has 1 aliphatic carbocycles. The summed E-state index contributed by atoms with van der Waals surface area (Å²) in [5.41, 5.74) is 5.77. The molecule has 2 rings (SSSR count). The molecule has 4 nitrogen and oxygen atoms in total. The predicted octanol–water partition coefficient (Wildman–Crippen LogP) is 3.18. The maximum Gasteiger partial charge on any atom is 0.242 e. The van der Waals surface area contributed by atoms with Gasteiger partial charge in [-0.15, -0.1) is 0 Å². The fourth-order valence-corrected chi connectivity index (χ4v) is 4.90. The van der Waals surface area contributed by atoms with Crippen LogP contribution in [-0.4, -0.2) is 21.0 Å². The first-order chi connectivity index (χ1) is 9.94. The molecule has 0 aliphatic heterocycles. The van der Waals surface area contributed by atoms with Crippen LogP contribution in [0.15, 0.2) is 23.1 Å². The minimum absolute atomic E-state index is 0.00549. The molecule has 1 fully saturated rings. The van der Waals surface area contributed by atoms with Gasteiger partial charge in [-0.25, -0.2) is 13.1 Å². The van der Waals surface area contributed by atoms with Crippen LogP contribution in [0.4, 0.5) is 0 Å². The number of sulfonamides is 1. The first-order valence-electron chi connectivity index (χ1n) is 7.11. The van der Waals surface area contributed by atoms with Crippen LogP contribution in [0, 0.1) is 5.92 Å². The third-order valence-corrected chi connectivity index (χ3v) is 6.17. The largest absolute Gasteiger partial charge is 0.329 e. The average molecular weight is 351 g/mol. The molecule has 1 unspecified atom stereocenters. The maximum atomic E-state index is 12.5. The van der Waals surface area contributed by atoms with Gasteiger partial charge in [0.25, 0.3) is 0 Å². The monoisotopic (exact) mass is 350 g/mol. The Kier molecular flexibility index (Phi) is 5.91. The molecule has 0 amide bonds. The molecule has 3 N–H and O–H groups in total. The molecule has 21 heavy (non-hydrogen) atoms. The molecule has 0 aromatic heterocycles. The average Bonchev–Trinajstić information content (AvgIpc) is 2.48. The lowest BCUT2D eigenvalue weighted by Crippen LogP contribution is -2.45. The fraction of sp³-hybridized carbons (Fsp3) is 0.571. The minimum atomic E-state index is -3.72. The van der Waals surface area contributed by atoms with Gasteiger partial charge in [-0.1, -0.05) is 42.5 Å². The number of benzene rings is 1. The van der Waals surface area contributed by atoms with Crippen molar-refractivity contribution < 1.29 is 8.42 Å². The molecule has 0 radical (unpaired) electrons. The quantitative estimate of drug-likeness (QED) is 0.856. The van der Waals surface area contributed by atoms with Crippen LogP contribution in [0.1, 0.15) is 32.1 Å². The highest BCUT2D eigenvalue weighted by Gasteiger charge is 2.28. The van der Waals surface area contributed by atoms with E-state index in [-0.39, 0.29) is 28.4 Å². The Balaban J connectivity index is 2.20. The van der Waals surface area contributed by atoms with E-state index in [1.165, 1.54) is 18.6 Å². The summed E-state index contributed by atoms with van der Waals surface area (Å²) in [6, 6.07) is 4.15. The zero-order valence-electron chi connectivity index (χ0n) is 11.7. The smallest absolute Gasteiger partial charge is 0.242 e. The van der Waals surface area contributed by atoms with Crippen molar-refractivity contribution in [3.8, 4) is 0 Å². The maximum absolute atomic E-state index is 12.5. The molecular formula is C14H20Cl2N2O2S. The molecule has 1 aliphatic rings. The Hall–Kier alpha value is -0.330. The highest BCUT2D eigenvalue weighted by molar-refractivity contribution is 7.89. The normalized spacial score (nSPS) is 18.6. The second-order valence-corrected chi connectivity index (χ2v) is 7.96.